The molecule has 11 heteroatoms. The molecule has 3 rings (SSSR count). The average Bonchev–Trinajstić information content (AvgIpc) is 3.05. The van der Waals surface area contributed by atoms with E-state index in [0.717, 1.165) is 0 Å². The average molecular weight is 596 g/mol. The topological polar surface area (TPSA) is 115 Å². The number of rotatable bonds is 8. The van der Waals surface area contributed by atoms with Crippen molar-refractivity contribution >= 4 is 69.1 Å². The van der Waals surface area contributed by atoms with E-state index < -0.39 is 18.5 Å². The van der Waals surface area contributed by atoms with E-state index in [1.165, 1.54) is 23.8 Å². The van der Waals surface area contributed by atoms with Crippen molar-refractivity contribution in [1.82, 2.24) is 4.90 Å². The molecule has 0 aromatic heterocycles. The number of carbonyl (C=O) groups is 3. The van der Waals surface area contributed by atoms with Gasteiger partial charge in [-0.3, -0.25) is 9.69 Å². The van der Waals surface area contributed by atoms with Crippen LogP contribution in [0, 0.1) is 3.57 Å². The van der Waals surface area contributed by atoms with Crippen LogP contribution in [-0.2, 0) is 14.3 Å². The van der Waals surface area contributed by atoms with Gasteiger partial charge in [-0.05, 0) is 83.2 Å². The molecular formula is C23H21IN2O7S. The van der Waals surface area contributed by atoms with Gasteiger partial charge in [-0.1, -0.05) is 6.07 Å². The number of nitrogens with zero attached hydrogens (tertiary/aromatic N) is 2. The third-order valence-electron chi connectivity index (χ3n) is 4.48. The van der Waals surface area contributed by atoms with Crippen molar-refractivity contribution in [2.45, 2.75) is 6.92 Å². The number of carboxylic acids is 1. The standard InChI is InChI=1S/C23H21IN2O7S/c1-4-32-22(30)14-6-5-7-15(11-14)25-23-26(2)21(29)18(34-23)10-13-8-16(24)20(17(9-13)31-3)33-12-19(27)28/h5-11H,4,12H2,1-3H3,(H,27,28). The van der Waals surface area contributed by atoms with E-state index in [-0.39, 0.29) is 12.5 Å². The normalized spacial score (nSPS) is 15.6. The molecule has 0 radical (unpaired) electrons. The number of aliphatic carboxylic acids is 1. The number of methoxy groups -OCH3 is 1. The van der Waals surface area contributed by atoms with Crippen LogP contribution in [0.2, 0.25) is 0 Å². The maximum Gasteiger partial charge on any atom is 0.341 e. The fraction of sp³-hybridized carbons (Fsp3) is 0.217. The van der Waals surface area contributed by atoms with Gasteiger partial charge in [0.15, 0.2) is 23.3 Å². The number of esters is 1. The first-order valence-corrected chi connectivity index (χ1v) is 11.9. The monoisotopic (exact) mass is 596 g/mol. The number of likely N-dealkylation sites (N-methyl/N-ethyl adjacent to an activating group) is 1. The number of halogens is 1. The number of carboxylic acid groups (broad SMARTS) is 1. The first-order valence-electron chi connectivity index (χ1n) is 9.99. The quantitative estimate of drug-likeness (QED) is 0.275. The fourth-order valence-electron chi connectivity index (χ4n) is 2.93. The Morgan fingerprint density at radius 2 is 2.03 bits per heavy atom. The molecule has 0 spiro atoms. The largest absolute Gasteiger partial charge is 0.493 e. The van der Waals surface area contributed by atoms with E-state index in [0.29, 0.717) is 42.0 Å². The Morgan fingerprint density at radius 1 is 1.26 bits per heavy atom. The molecule has 1 amide bonds. The van der Waals surface area contributed by atoms with E-state index in [1.807, 2.05) is 22.6 Å². The molecule has 0 saturated carbocycles. The zero-order valence-electron chi connectivity index (χ0n) is 18.5. The van der Waals surface area contributed by atoms with Gasteiger partial charge < -0.3 is 19.3 Å². The Morgan fingerprint density at radius 3 is 2.71 bits per heavy atom. The molecule has 0 atom stereocenters. The zero-order valence-corrected chi connectivity index (χ0v) is 21.5. The van der Waals surface area contributed by atoms with Crippen LogP contribution in [0.1, 0.15) is 22.8 Å². The molecule has 1 saturated heterocycles. The number of carbonyl (C=O) groups excluding carboxylic acids is 2. The fourth-order valence-corrected chi connectivity index (χ4v) is 4.70. The summed E-state index contributed by atoms with van der Waals surface area (Å²) in [6.07, 6.45) is 1.70. The zero-order chi connectivity index (χ0) is 24.8. The predicted octanol–water partition coefficient (Wildman–Crippen LogP) is 4.17. The lowest BCUT2D eigenvalue weighted by Gasteiger charge is -2.12. The minimum absolute atomic E-state index is 0.231. The molecule has 2 aromatic carbocycles. The van der Waals surface area contributed by atoms with Crippen LogP contribution in [0.4, 0.5) is 5.69 Å². The third kappa shape index (κ3) is 6.08. The summed E-state index contributed by atoms with van der Waals surface area (Å²) in [5.41, 5.74) is 1.58. The van der Waals surface area contributed by atoms with Crippen LogP contribution in [0.25, 0.3) is 6.08 Å². The summed E-state index contributed by atoms with van der Waals surface area (Å²) in [6, 6.07) is 10.1. The van der Waals surface area contributed by atoms with Gasteiger partial charge in [-0.15, -0.1) is 0 Å². The van der Waals surface area contributed by atoms with Gasteiger partial charge in [0.2, 0.25) is 0 Å². The number of amidine groups is 1. The van der Waals surface area contributed by atoms with E-state index in [4.69, 9.17) is 19.3 Å². The lowest BCUT2D eigenvalue weighted by Crippen LogP contribution is -2.23. The molecule has 178 valence electrons. The Labute approximate surface area is 213 Å². The van der Waals surface area contributed by atoms with Crippen molar-refractivity contribution in [3.8, 4) is 11.5 Å². The van der Waals surface area contributed by atoms with Crippen molar-refractivity contribution in [1.29, 1.82) is 0 Å². The number of ether oxygens (including phenoxy) is 3. The van der Waals surface area contributed by atoms with Gasteiger partial charge in [0, 0.05) is 7.05 Å². The second-order valence-electron chi connectivity index (χ2n) is 6.86. The number of aliphatic imine (C=N–C) groups is 1. The van der Waals surface area contributed by atoms with Gasteiger partial charge in [0.1, 0.15) is 0 Å². The Hall–Kier alpha value is -3.06. The Balaban J connectivity index is 1.88. The minimum Gasteiger partial charge on any atom is -0.493 e. The Bertz CT molecular complexity index is 1200. The number of hydrogen-bond donors (Lipinski definition) is 1. The van der Waals surface area contributed by atoms with Crippen LogP contribution in [0.15, 0.2) is 46.3 Å². The van der Waals surface area contributed by atoms with Gasteiger partial charge in [0.25, 0.3) is 5.91 Å². The minimum atomic E-state index is -1.10. The molecule has 34 heavy (non-hydrogen) atoms. The summed E-state index contributed by atoms with van der Waals surface area (Å²) in [7, 11) is 3.08. The number of benzene rings is 2. The van der Waals surface area contributed by atoms with Gasteiger partial charge in [-0.25, -0.2) is 14.6 Å². The van der Waals surface area contributed by atoms with Crippen molar-refractivity contribution in [2.75, 3.05) is 27.4 Å². The molecule has 0 aliphatic carbocycles. The first-order chi connectivity index (χ1) is 16.2. The van der Waals surface area contributed by atoms with Crippen molar-refractivity contribution in [3.63, 3.8) is 0 Å². The highest BCUT2D eigenvalue weighted by Crippen LogP contribution is 2.37. The van der Waals surface area contributed by atoms with Crippen LogP contribution < -0.4 is 9.47 Å². The Kier molecular flexibility index (Phi) is 8.56. The van der Waals surface area contributed by atoms with E-state index >= 15 is 0 Å². The van der Waals surface area contributed by atoms with Gasteiger partial charge >= 0.3 is 11.9 Å². The van der Waals surface area contributed by atoms with Gasteiger partial charge in [-0.2, -0.15) is 0 Å². The van der Waals surface area contributed by atoms with E-state index in [2.05, 4.69) is 4.99 Å². The lowest BCUT2D eigenvalue weighted by molar-refractivity contribution is -0.139. The summed E-state index contributed by atoms with van der Waals surface area (Å²) in [6.45, 7) is 1.51. The van der Waals surface area contributed by atoms with E-state index in [9.17, 15) is 14.4 Å². The maximum atomic E-state index is 12.8. The molecule has 0 bridgehead atoms. The highest BCUT2D eigenvalue weighted by atomic mass is 127. The van der Waals surface area contributed by atoms with Crippen molar-refractivity contribution in [3.05, 3.63) is 56.0 Å². The number of hydrogen-bond acceptors (Lipinski definition) is 8. The summed E-state index contributed by atoms with van der Waals surface area (Å²) in [5, 5.41) is 9.33. The van der Waals surface area contributed by atoms with Crippen LogP contribution >= 0.6 is 34.4 Å². The predicted molar refractivity (Wildman–Crippen MR) is 137 cm³/mol. The number of thioether (sulfide) groups is 1. The van der Waals surface area contributed by atoms with E-state index in [1.54, 1.807) is 56.4 Å². The SMILES string of the molecule is CCOC(=O)c1cccc(N=C2SC(=Cc3cc(I)c(OCC(=O)O)c(OC)c3)C(=O)N2C)c1. The molecule has 1 N–H and O–H groups in total. The summed E-state index contributed by atoms with van der Waals surface area (Å²) < 4.78 is 16.3. The first kappa shape index (κ1) is 25.6. The molecule has 1 fully saturated rings. The highest BCUT2D eigenvalue weighted by molar-refractivity contribution is 14.1. The van der Waals surface area contributed by atoms with Crippen molar-refractivity contribution < 1.29 is 33.7 Å². The molecule has 1 aliphatic rings. The van der Waals surface area contributed by atoms with Crippen LogP contribution in [-0.4, -0.2) is 60.4 Å². The highest BCUT2D eigenvalue weighted by Gasteiger charge is 2.30. The molecule has 1 heterocycles. The number of amides is 1. The molecule has 0 unspecified atom stereocenters. The van der Waals surface area contributed by atoms with Crippen molar-refractivity contribution in [2.24, 2.45) is 4.99 Å². The molecule has 2 aromatic rings. The summed E-state index contributed by atoms with van der Waals surface area (Å²) >= 11 is 3.22. The molecule has 1 aliphatic heterocycles. The third-order valence-corrected chi connectivity index (χ3v) is 6.34. The maximum absolute atomic E-state index is 12.8. The summed E-state index contributed by atoms with van der Waals surface area (Å²) in [5.74, 6) is -1.09. The van der Waals surface area contributed by atoms with Crippen LogP contribution in [0.3, 0.4) is 0 Å². The molecule has 9 nitrogen and oxygen atoms in total. The second kappa shape index (κ2) is 11.4. The van der Waals surface area contributed by atoms with Gasteiger partial charge in [0.05, 0.1) is 33.4 Å². The summed E-state index contributed by atoms with van der Waals surface area (Å²) in [4.78, 5) is 42.0. The molecular weight excluding hydrogens is 575 g/mol. The lowest BCUT2D eigenvalue weighted by atomic mass is 10.2. The van der Waals surface area contributed by atoms with Crippen LogP contribution in [0.5, 0.6) is 11.5 Å². The second-order valence-corrected chi connectivity index (χ2v) is 9.03. The smallest absolute Gasteiger partial charge is 0.341 e.